The molecule has 2 N–H and O–H groups in total. The second-order valence-corrected chi connectivity index (χ2v) is 9.37. The van der Waals surface area contributed by atoms with Crippen molar-refractivity contribution in [3.8, 4) is 11.5 Å². The Balaban J connectivity index is 1.52. The lowest BCUT2D eigenvalue weighted by molar-refractivity contribution is 0.262. The summed E-state index contributed by atoms with van der Waals surface area (Å²) in [7, 11) is -0.623. The lowest BCUT2D eigenvalue weighted by atomic mass is 10.0. The van der Waals surface area contributed by atoms with Crippen molar-refractivity contribution in [2.75, 3.05) is 35.7 Å². The molecular formula is C24H25N3O5S. The van der Waals surface area contributed by atoms with Gasteiger partial charge in [-0.1, -0.05) is 6.07 Å². The number of ether oxygens (including phenoxy) is 2. The van der Waals surface area contributed by atoms with Gasteiger partial charge in [0.1, 0.15) is 11.5 Å². The molecule has 0 radical (unpaired) electrons. The maximum absolute atomic E-state index is 13.3. The van der Waals surface area contributed by atoms with Crippen LogP contribution in [0.5, 0.6) is 11.5 Å². The Labute approximate surface area is 193 Å². The maximum atomic E-state index is 13.3. The average Bonchev–Trinajstić information content (AvgIpc) is 2.83. The first-order valence-corrected chi connectivity index (χ1v) is 11.9. The number of urea groups is 1. The van der Waals surface area contributed by atoms with E-state index < -0.39 is 16.1 Å². The summed E-state index contributed by atoms with van der Waals surface area (Å²) in [4.78, 5) is 12.6. The first kappa shape index (κ1) is 22.5. The molecule has 0 spiro atoms. The molecular weight excluding hydrogens is 442 g/mol. The van der Waals surface area contributed by atoms with Crippen LogP contribution < -0.4 is 24.4 Å². The van der Waals surface area contributed by atoms with E-state index in [1.165, 1.54) is 11.4 Å². The van der Waals surface area contributed by atoms with Crippen molar-refractivity contribution in [3.05, 3.63) is 72.3 Å². The smallest absolute Gasteiger partial charge is 0.323 e. The van der Waals surface area contributed by atoms with E-state index in [9.17, 15) is 13.2 Å². The quantitative estimate of drug-likeness (QED) is 0.557. The molecule has 4 rings (SSSR count). The standard InChI is InChI=1S/C24H25N3O5S/c1-31-20-9-11-22(12-10-20)33(29,30)27-14-4-5-17-15-19(8-13-23(17)27)26-24(28)25-18-6-3-7-21(16-18)32-2/h3,6-13,15-16H,4-5,14H2,1-2H3,(H2,25,26,28). The van der Waals surface area contributed by atoms with Gasteiger partial charge in [0.05, 0.1) is 24.8 Å². The fraction of sp³-hybridized carbons (Fsp3) is 0.208. The van der Waals surface area contributed by atoms with Crippen molar-refractivity contribution in [1.29, 1.82) is 0 Å². The van der Waals surface area contributed by atoms with E-state index in [-0.39, 0.29) is 4.90 Å². The van der Waals surface area contributed by atoms with Crippen LogP contribution >= 0.6 is 0 Å². The number of nitrogens with one attached hydrogen (secondary N) is 2. The largest absolute Gasteiger partial charge is 0.497 e. The Morgan fingerprint density at radius 3 is 2.27 bits per heavy atom. The normalized spacial score (nSPS) is 13.1. The zero-order chi connectivity index (χ0) is 23.4. The summed E-state index contributed by atoms with van der Waals surface area (Å²) in [5, 5.41) is 5.57. The summed E-state index contributed by atoms with van der Waals surface area (Å²) in [6.07, 6.45) is 1.40. The van der Waals surface area contributed by atoms with Gasteiger partial charge >= 0.3 is 6.03 Å². The Morgan fingerprint density at radius 1 is 0.879 bits per heavy atom. The first-order chi connectivity index (χ1) is 15.9. The number of sulfonamides is 1. The number of nitrogens with zero attached hydrogens (tertiary/aromatic N) is 1. The molecule has 0 aromatic heterocycles. The fourth-order valence-electron chi connectivity index (χ4n) is 3.76. The fourth-order valence-corrected chi connectivity index (χ4v) is 5.30. The topological polar surface area (TPSA) is 97.0 Å². The number of carbonyl (C=O) groups is 1. The van der Waals surface area contributed by atoms with Crippen LogP contribution in [0.1, 0.15) is 12.0 Å². The average molecular weight is 468 g/mol. The van der Waals surface area contributed by atoms with E-state index >= 15 is 0 Å². The van der Waals surface area contributed by atoms with Gasteiger partial charge < -0.3 is 20.1 Å². The number of amides is 2. The minimum atomic E-state index is -3.72. The van der Waals surface area contributed by atoms with E-state index in [2.05, 4.69) is 10.6 Å². The number of methoxy groups -OCH3 is 2. The SMILES string of the molecule is COc1ccc(S(=O)(=O)N2CCCc3cc(NC(=O)Nc4cccc(OC)c4)ccc32)cc1. The molecule has 0 atom stereocenters. The van der Waals surface area contributed by atoms with Gasteiger partial charge in [-0.05, 0) is 73.0 Å². The second-order valence-electron chi connectivity index (χ2n) is 7.51. The van der Waals surface area contributed by atoms with Gasteiger partial charge in [-0.3, -0.25) is 4.31 Å². The van der Waals surface area contributed by atoms with Gasteiger partial charge in [0, 0.05) is 24.0 Å². The van der Waals surface area contributed by atoms with Crippen LogP contribution in [0.15, 0.2) is 71.6 Å². The molecule has 8 nitrogen and oxygen atoms in total. The van der Waals surface area contributed by atoms with Crippen LogP contribution in [0.25, 0.3) is 0 Å². The number of fused-ring (bicyclic) bond motifs is 1. The number of hydrogen-bond acceptors (Lipinski definition) is 5. The molecule has 2 amide bonds. The Kier molecular flexibility index (Phi) is 6.41. The molecule has 9 heteroatoms. The molecule has 0 unspecified atom stereocenters. The third-order valence-electron chi connectivity index (χ3n) is 5.39. The predicted molar refractivity (Wildman–Crippen MR) is 128 cm³/mol. The molecule has 1 aliphatic heterocycles. The van der Waals surface area contributed by atoms with E-state index in [0.717, 1.165) is 12.0 Å². The van der Waals surface area contributed by atoms with Crippen molar-refractivity contribution in [2.24, 2.45) is 0 Å². The number of aryl methyl sites for hydroxylation is 1. The molecule has 172 valence electrons. The van der Waals surface area contributed by atoms with E-state index in [1.807, 2.05) is 6.07 Å². The molecule has 0 saturated heterocycles. The molecule has 3 aromatic rings. The molecule has 33 heavy (non-hydrogen) atoms. The molecule has 3 aromatic carbocycles. The van der Waals surface area contributed by atoms with E-state index in [1.54, 1.807) is 67.8 Å². The summed E-state index contributed by atoms with van der Waals surface area (Å²) in [5.41, 5.74) is 2.66. The first-order valence-electron chi connectivity index (χ1n) is 10.4. The summed E-state index contributed by atoms with van der Waals surface area (Å²) in [6.45, 7) is 0.393. The predicted octanol–water partition coefficient (Wildman–Crippen LogP) is 4.49. The molecule has 0 fully saturated rings. The Hall–Kier alpha value is -3.72. The number of anilines is 3. The lowest BCUT2D eigenvalue weighted by Crippen LogP contribution is -2.35. The number of benzene rings is 3. The Morgan fingerprint density at radius 2 is 1.58 bits per heavy atom. The van der Waals surface area contributed by atoms with Crippen LogP contribution in [0.3, 0.4) is 0 Å². The zero-order valence-corrected chi connectivity index (χ0v) is 19.2. The third-order valence-corrected chi connectivity index (χ3v) is 7.22. The summed E-state index contributed by atoms with van der Waals surface area (Å²) < 4.78 is 38.2. The Bertz CT molecular complexity index is 1260. The highest BCUT2D eigenvalue weighted by atomic mass is 32.2. The summed E-state index contributed by atoms with van der Waals surface area (Å²) >= 11 is 0. The highest BCUT2D eigenvalue weighted by molar-refractivity contribution is 7.92. The van der Waals surface area contributed by atoms with Crippen LogP contribution in [-0.2, 0) is 16.4 Å². The number of hydrogen-bond donors (Lipinski definition) is 2. The molecule has 0 bridgehead atoms. The van der Waals surface area contributed by atoms with Crippen molar-refractivity contribution in [2.45, 2.75) is 17.7 Å². The van der Waals surface area contributed by atoms with Gasteiger partial charge in [0.15, 0.2) is 0 Å². The van der Waals surface area contributed by atoms with Crippen molar-refractivity contribution in [1.82, 2.24) is 0 Å². The lowest BCUT2D eigenvalue weighted by Gasteiger charge is -2.31. The van der Waals surface area contributed by atoms with Gasteiger partial charge in [-0.2, -0.15) is 0 Å². The molecule has 0 saturated carbocycles. The van der Waals surface area contributed by atoms with Crippen LogP contribution in [0.2, 0.25) is 0 Å². The maximum Gasteiger partial charge on any atom is 0.323 e. The summed E-state index contributed by atoms with van der Waals surface area (Å²) in [5.74, 6) is 1.23. The van der Waals surface area contributed by atoms with E-state index in [4.69, 9.17) is 9.47 Å². The molecule has 1 heterocycles. The minimum absolute atomic E-state index is 0.205. The number of rotatable bonds is 6. The number of carbonyl (C=O) groups excluding carboxylic acids is 1. The van der Waals surface area contributed by atoms with Gasteiger partial charge in [-0.15, -0.1) is 0 Å². The van der Waals surface area contributed by atoms with Gasteiger partial charge in [0.2, 0.25) is 0 Å². The van der Waals surface area contributed by atoms with Crippen LogP contribution in [-0.4, -0.2) is 35.2 Å². The third kappa shape index (κ3) is 4.88. The highest BCUT2D eigenvalue weighted by Crippen LogP contribution is 2.34. The monoisotopic (exact) mass is 467 g/mol. The van der Waals surface area contributed by atoms with Crippen molar-refractivity contribution < 1.29 is 22.7 Å². The van der Waals surface area contributed by atoms with E-state index in [0.29, 0.717) is 41.5 Å². The zero-order valence-electron chi connectivity index (χ0n) is 18.4. The van der Waals surface area contributed by atoms with Crippen molar-refractivity contribution >= 4 is 33.1 Å². The van der Waals surface area contributed by atoms with Crippen LogP contribution in [0.4, 0.5) is 21.9 Å². The summed E-state index contributed by atoms with van der Waals surface area (Å²) in [6, 6.07) is 18.2. The molecule has 1 aliphatic rings. The second kappa shape index (κ2) is 9.41. The van der Waals surface area contributed by atoms with Gasteiger partial charge in [-0.25, -0.2) is 13.2 Å². The van der Waals surface area contributed by atoms with Crippen LogP contribution in [0, 0.1) is 0 Å². The van der Waals surface area contributed by atoms with Gasteiger partial charge in [0.25, 0.3) is 10.0 Å². The van der Waals surface area contributed by atoms with Crippen molar-refractivity contribution in [3.63, 3.8) is 0 Å². The molecule has 0 aliphatic carbocycles. The minimum Gasteiger partial charge on any atom is -0.497 e. The highest BCUT2D eigenvalue weighted by Gasteiger charge is 2.29.